The van der Waals surface area contributed by atoms with E-state index in [4.69, 9.17) is 28.5 Å². The van der Waals surface area contributed by atoms with E-state index in [1.165, 1.54) is 0 Å². The van der Waals surface area contributed by atoms with Gasteiger partial charge in [-0.15, -0.1) is 0 Å². The van der Waals surface area contributed by atoms with Gasteiger partial charge in [0, 0.05) is 6.07 Å². The molecule has 1 saturated heterocycles. The molecule has 3 aromatic rings. The van der Waals surface area contributed by atoms with Crippen LogP contribution in [0.5, 0.6) is 17.2 Å². The van der Waals surface area contributed by atoms with Crippen LogP contribution >= 0.6 is 0 Å². The highest BCUT2D eigenvalue weighted by atomic mass is 16.7. The minimum Gasteiger partial charge on any atom is -0.489 e. The topological polar surface area (TPSA) is 148 Å². The molecule has 35 heavy (non-hydrogen) atoms. The Morgan fingerprint density at radius 2 is 1.57 bits per heavy atom. The van der Waals surface area contributed by atoms with Crippen LogP contribution in [0.1, 0.15) is 11.3 Å². The molecule has 4 rings (SSSR count). The molecule has 4 N–H and O–H groups in total. The van der Waals surface area contributed by atoms with Gasteiger partial charge >= 0.3 is 0 Å². The van der Waals surface area contributed by atoms with Gasteiger partial charge in [0.05, 0.1) is 0 Å². The summed E-state index contributed by atoms with van der Waals surface area (Å²) in [5.74, 6) is 0.852. The van der Waals surface area contributed by atoms with Crippen LogP contribution in [-0.2, 0) is 18.0 Å². The molecular formula is C25H26O10. The normalized spacial score (nSPS) is 24.1. The Labute approximate surface area is 200 Å². The zero-order valence-electron chi connectivity index (χ0n) is 18.6. The first-order chi connectivity index (χ1) is 16.9. The summed E-state index contributed by atoms with van der Waals surface area (Å²) < 4.78 is 27.4. The molecule has 0 unspecified atom stereocenters. The molecule has 1 aliphatic rings. The Morgan fingerprint density at radius 3 is 2.26 bits per heavy atom. The third-order valence-electron chi connectivity index (χ3n) is 5.40. The predicted molar refractivity (Wildman–Crippen MR) is 121 cm³/mol. The van der Waals surface area contributed by atoms with Crippen LogP contribution in [0.2, 0.25) is 0 Å². The standard InChI is InChI=1S/C25H26O10/c26-11-18-10-19(27)20(13-32-18)33-14-21-22(28)23(29)24(30)25(35-21)34-17-8-6-16(7-9-17)31-12-15-4-2-1-3-5-15/h1-10,13,21-26,28-30H,11-12,14H2/t21-,22-,23+,24-,25-/m1/s1. The summed E-state index contributed by atoms with van der Waals surface area (Å²) in [7, 11) is 0. The first-order valence-corrected chi connectivity index (χ1v) is 10.9. The molecule has 2 heterocycles. The van der Waals surface area contributed by atoms with E-state index in [0.29, 0.717) is 18.1 Å². The average Bonchev–Trinajstić information content (AvgIpc) is 2.89. The third-order valence-corrected chi connectivity index (χ3v) is 5.40. The smallest absolute Gasteiger partial charge is 0.229 e. The lowest BCUT2D eigenvalue weighted by Crippen LogP contribution is -2.60. The van der Waals surface area contributed by atoms with Crippen LogP contribution in [0.3, 0.4) is 0 Å². The van der Waals surface area contributed by atoms with Gasteiger partial charge in [-0.05, 0) is 29.8 Å². The fourth-order valence-electron chi connectivity index (χ4n) is 3.44. The molecule has 1 aliphatic heterocycles. The molecule has 0 aliphatic carbocycles. The summed E-state index contributed by atoms with van der Waals surface area (Å²) in [6.45, 7) is -0.373. The fraction of sp³-hybridized carbons (Fsp3) is 0.320. The molecule has 1 fully saturated rings. The molecule has 186 valence electrons. The maximum absolute atomic E-state index is 12.0. The van der Waals surface area contributed by atoms with Crippen molar-refractivity contribution in [2.24, 2.45) is 0 Å². The van der Waals surface area contributed by atoms with Crippen LogP contribution in [0.15, 0.2) is 76.1 Å². The zero-order chi connectivity index (χ0) is 24.8. The lowest BCUT2D eigenvalue weighted by atomic mass is 9.99. The molecule has 0 amide bonds. The van der Waals surface area contributed by atoms with E-state index in [-0.39, 0.29) is 18.1 Å². The van der Waals surface area contributed by atoms with Crippen molar-refractivity contribution in [3.63, 3.8) is 0 Å². The van der Waals surface area contributed by atoms with Crippen molar-refractivity contribution in [1.29, 1.82) is 0 Å². The van der Waals surface area contributed by atoms with Crippen LogP contribution in [0, 0.1) is 0 Å². The molecule has 0 saturated carbocycles. The van der Waals surface area contributed by atoms with Crippen LogP contribution in [0.25, 0.3) is 0 Å². The van der Waals surface area contributed by atoms with Gasteiger partial charge in [0.1, 0.15) is 67.8 Å². The largest absolute Gasteiger partial charge is 0.489 e. The van der Waals surface area contributed by atoms with Crippen molar-refractivity contribution in [2.75, 3.05) is 6.61 Å². The van der Waals surface area contributed by atoms with Crippen molar-refractivity contribution in [2.45, 2.75) is 43.9 Å². The number of aliphatic hydroxyl groups excluding tert-OH is 4. The number of aliphatic hydroxyl groups is 4. The number of ether oxygens (including phenoxy) is 4. The highest BCUT2D eigenvalue weighted by molar-refractivity contribution is 5.31. The van der Waals surface area contributed by atoms with Crippen molar-refractivity contribution in [3.05, 3.63) is 88.5 Å². The summed E-state index contributed by atoms with van der Waals surface area (Å²) in [4.78, 5) is 12.0. The highest BCUT2D eigenvalue weighted by Gasteiger charge is 2.45. The van der Waals surface area contributed by atoms with Gasteiger partial charge in [-0.2, -0.15) is 0 Å². The van der Waals surface area contributed by atoms with Crippen molar-refractivity contribution in [1.82, 2.24) is 0 Å². The van der Waals surface area contributed by atoms with Crippen molar-refractivity contribution < 1.29 is 43.8 Å². The van der Waals surface area contributed by atoms with Gasteiger partial charge in [-0.25, -0.2) is 0 Å². The van der Waals surface area contributed by atoms with E-state index in [2.05, 4.69) is 0 Å². The summed E-state index contributed by atoms with van der Waals surface area (Å²) in [5, 5.41) is 39.9. The van der Waals surface area contributed by atoms with Crippen molar-refractivity contribution >= 4 is 0 Å². The molecule has 5 atom stereocenters. The molecule has 2 aromatic carbocycles. The van der Waals surface area contributed by atoms with E-state index in [9.17, 15) is 20.1 Å². The summed E-state index contributed by atoms with van der Waals surface area (Å²) in [6.07, 6.45) is -6.02. The van der Waals surface area contributed by atoms with E-state index in [0.717, 1.165) is 17.9 Å². The SMILES string of the molecule is O=c1cc(CO)occ1OC[C@H]1O[C@@H](Oc2ccc(OCc3ccccc3)cc2)[C@H](O)[C@@H](O)[C@@H]1O. The Kier molecular flexibility index (Phi) is 8.01. The first-order valence-electron chi connectivity index (χ1n) is 10.9. The maximum atomic E-state index is 12.0. The summed E-state index contributed by atoms with van der Waals surface area (Å²) in [6, 6.07) is 17.4. The second-order valence-electron chi connectivity index (χ2n) is 7.92. The third kappa shape index (κ3) is 6.18. The van der Waals surface area contributed by atoms with E-state index in [1.54, 1.807) is 24.3 Å². The van der Waals surface area contributed by atoms with E-state index in [1.807, 2.05) is 30.3 Å². The van der Waals surface area contributed by atoms with Gasteiger partial charge in [0.2, 0.25) is 17.5 Å². The Balaban J connectivity index is 1.35. The Hall–Kier alpha value is -3.41. The van der Waals surface area contributed by atoms with Gasteiger partial charge in [0.15, 0.2) is 0 Å². The van der Waals surface area contributed by atoms with Crippen LogP contribution in [0.4, 0.5) is 0 Å². The lowest BCUT2D eigenvalue weighted by molar-refractivity contribution is -0.276. The fourth-order valence-corrected chi connectivity index (χ4v) is 3.44. The van der Waals surface area contributed by atoms with Gasteiger partial charge in [-0.1, -0.05) is 30.3 Å². The van der Waals surface area contributed by atoms with E-state index >= 15 is 0 Å². The predicted octanol–water partition coefficient (Wildman–Crippen LogP) is 0.976. The van der Waals surface area contributed by atoms with Gasteiger partial charge < -0.3 is 43.8 Å². The zero-order valence-corrected chi connectivity index (χ0v) is 18.6. The minimum absolute atomic E-state index is 0.0693. The first kappa shape index (κ1) is 24.7. The van der Waals surface area contributed by atoms with Crippen LogP contribution in [-0.4, -0.2) is 57.7 Å². The lowest BCUT2D eigenvalue weighted by Gasteiger charge is -2.40. The molecular weight excluding hydrogens is 460 g/mol. The second-order valence-corrected chi connectivity index (χ2v) is 7.92. The van der Waals surface area contributed by atoms with E-state index < -0.39 is 42.7 Å². The average molecular weight is 486 g/mol. The molecule has 10 heteroatoms. The van der Waals surface area contributed by atoms with Crippen LogP contribution < -0.4 is 19.6 Å². The molecule has 0 spiro atoms. The highest BCUT2D eigenvalue weighted by Crippen LogP contribution is 2.26. The molecule has 0 radical (unpaired) electrons. The maximum Gasteiger partial charge on any atom is 0.229 e. The number of hydrogen-bond donors (Lipinski definition) is 4. The van der Waals surface area contributed by atoms with Gasteiger partial charge in [0.25, 0.3) is 0 Å². The Bertz CT molecular complexity index is 1130. The summed E-state index contributed by atoms with van der Waals surface area (Å²) in [5.41, 5.74) is 0.489. The summed E-state index contributed by atoms with van der Waals surface area (Å²) >= 11 is 0. The van der Waals surface area contributed by atoms with Gasteiger partial charge in [-0.3, -0.25) is 4.79 Å². The second kappa shape index (κ2) is 11.3. The number of rotatable bonds is 9. The number of hydrogen-bond acceptors (Lipinski definition) is 10. The Morgan fingerprint density at radius 1 is 0.857 bits per heavy atom. The quantitative estimate of drug-likeness (QED) is 0.345. The monoisotopic (exact) mass is 486 g/mol. The molecule has 1 aromatic heterocycles. The van der Waals surface area contributed by atoms with Crippen molar-refractivity contribution in [3.8, 4) is 17.2 Å². The molecule has 0 bridgehead atoms. The minimum atomic E-state index is -1.58. The molecule has 10 nitrogen and oxygen atoms in total. The number of benzene rings is 2.